The maximum absolute atomic E-state index is 12.1. The van der Waals surface area contributed by atoms with Gasteiger partial charge in [-0.25, -0.2) is 0 Å². The lowest BCUT2D eigenvalue weighted by Crippen LogP contribution is -2.32. The van der Waals surface area contributed by atoms with Crippen LogP contribution in [-0.4, -0.2) is 24.7 Å². The molecule has 4 heteroatoms. The number of carbonyl (C=O) groups excluding carboxylic acids is 1. The molecule has 2 aromatic carbocycles. The van der Waals surface area contributed by atoms with Gasteiger partial charge in [-0.3, -0.25) is 4.79 Å². The molecule has 3 rings (SSSR count). The zero-order valence-corrected chi connectivity index (χ0v) is 14.9. The molecule has 3 nitrogen and oxygen atoms in total. The fraction of sp³-hybridized carbons (Fsp3) is 0.350. The monoisotopic (exact) mass is 340 g/mol. The number of hydrogen-bond donors (Lipinski definition) is 1. The minimum Gasteiger partial charge on any atom is -0.372 e. The van der Waals surface area contributed by atoms with Crippen molar-refractivity contribution in [1.29, 1.82) is 0 Å². The molecule has 0 aliphatic carbocycles. The van der Waals surface area contributed by atoms with Gasteiger partial charge in [0, 0.05) is 29.4 Å². The van der Waals surface area contributed by atoms with E-state index in [4.69, 9.17) is 0 Å². The van der Waals surface area contributed by atoms with E-state index in [1.54, 1.807) is 11.8 Å². The molecule has 1 saturated heterocycles. The Morgan fingerprint density at radius 3 is 2.42 bits per heavy atom. The number of rotatable bonds is 5. The molecule has 1 amide bonds. The van der Waals surface area contributed by atoms with E-state index in [-0.39, 0.29) is 5.91 Å². The van der Waals surface area contributed by atoms with E-state index < -0.39 is 0 Å². The largest absolute Gasteiger partial charge is 0.372 e. The van der Waals surface area contributed by atoms with E-state index in [0.717, 1.165) is 29.6 Å². The van der Waals surface area contributed by atoms with Crippen molar-refractivity contribution in [2.24, 2.45) is 5.92 Å². The lowest BCUT2D eigenvalue weighted by Gasteiger charge is -2.32. The Balaban J connectivity index is 1.49. The summed E-state index contributed by atoms with van der Waals surface area (Å²) in [5.41, 5.74) is 2.11. The molecule has 0 spiro atoms. The molecule has 1 heterocycles. The van der Waals surface area contributed by atoms with Crippen LogP contribution in [0.5, 0.6) is 0 Å². The number of nitrogens with one attached hydrogen (secondary N) is 1. The van der Waals surface area contributed by atoms with Gasteiger partial charge < -0.3 is 10.2 Å². The molecule has 0 atom stereocenters. The van der Waals surface area contributed by atoms with Crippen LogP contribution in [0.15, 0.2) is 59.5 Å². The molecular weight excluding hydrogens is 316 g/mol. The zero-order chi connectivity index (χ0) is 16.8. The molecule has 1 aliphatic heterocycles. The lowest BCUT2D eigenvalue weighted by atomic mass is 9.99. The van der Waals surface area contributed by atoms with Gasteiger partial charge in [0.15, 0.2) is 0 Å². The number of thioether (sulfide) groups is 1. The highest BCUT2D eigenvalue weighted by atomic mass is 32.2. The Kier molecular flexibility index (Phi) is 5.81. The minimum atomic E-state index is 0.0309. The SMILES string of the molecule is CC1CCN(c2ccc(NC(=O)CSc3ccccc3)cc2)CC1. The molecule has 1 fully saturated rings. The van der Waals surface area contributed by atoms with Crippen molar-refractivity contribution in [2.45, 2.75) is 24.7 Å². The van der Waals surface area contributed by atoms with Crippen molar-refractivity contribution in [3.63, 3.8) is 0 Å². The zero-order valence-electron chi connectivity index (χ0n) is 14.1. The fourth-order valence-corrected chi connectivity index (χ4v) is 3.60. The maximum atomic E-state index is 12.1. The summed E-state index contributed by atoms with van der Waals surface area (Å²) in [6.45, 7) is 4.57. The third-order valence-electron chi connectivity index (χ3n) is 4.41. The Bertz CT molecular complexity index is 649. The highest BCUT2D eigenvalue weighted by Gasteiger charge is 2.15. The molecule has 0 unspecified atom stereocenters. The molecule has 126 valence electrons. The number of benzene rings is 2. The Hall–Kier alpha value is -1.94. The first-order chi connectivity index (χ1) is 11.7. The van der Waals surface area contributed by atoms with Gasteiger partial charge in [-0.1, -0.05) is 25.1 Å². The first-order valence-corrected chi connectivity index (χ1v) is 9.52. The number of nitrogens with zero attached hydrogens (tertiary/aromatic N) is 1. The summed E-state index contributed by atoms with van der Waals surface area (Å²) in [6, 6.07) is 18.2. The fourth-order valence-electron chi connectivity index (χ4n) is 2.89. The molecule has 0 bridgehead atoms. The predicted molar refractivity (Wildman–Crippen MR) is 103 cm³/mol. The van der Waals surface area contributed by atoms with Crippen molar-refractivity contribution in [2.75, 3.05) is 29.1 Å². The lowest BCUT2D eigenvalue weighted by molar-refractivity contribution is -0.113. The van der Waals surface area contributed by atoms with Crippen LogP contribution >= 0.6 is 11.8 Å². The van der Waals surface area contributed by atoms with Crippen molar-refractivity contribution < 1.29 is 4.79 Å². The van der Waals surface area contributed by atoms with Crippen LogP contribution in [0, 0.1) is 5.92 Å². The first kappa shape index (κ1) is 16.9. The van der Waals surface area contributed by atoms with E-state index in [1.807, 2.05) is 42.5 Å². The molecule has 2 aromatic rings. The summed E-state index contributed by atoms with van der Waals surface area (Å²) in [5, 5.41) is 2.97. The van der Waals surface area contributed by atoms with Gasteiger partial charge in [0.05, 0.1) is 5.75 Å². The van der Waals surface area contributed by atoms with Gasteiger partial charge in [0.2, 0.25) is 5.91 Å². The van der Waals surface area contributed by atoms with Gasteiger partial charge in [0.25, 0.3) is 0 Å². The normalized spacial score (nSPS) is 15.3. The molecular formula is C20H24N2OS. The van der Waals surface area contributed by atoms with E-state index in [2.05, 4.69) is 29.3 Å². The number of anilines is 2. The quantitative estimate of drug-likeness (QED) is 0.804. The average Bonchev–Trinajstić information content (AvgIpc) is 2.62. The Morgan fingerprint density at radius 2 is 1.75 bits per heavy atom. The van der Waals surface area contributed by atoms with Crippen LogP contribution in [0.2, 0.25) is 0 Å². The maximum Gasteiger partial charge on any atom is 0.234 e. The summed E-state index contributed by atoms with van der Waals surface area (Å²) in [6.07, 6.45) is 2.52. The van der Waals surface area contributed by atoms with E-state index >= 15 is 0 Å². The number of hydrogen-bond acceptors (Lipinski definition) is 3. The third kappa shape index (κ3) is 4.78. The number of piperidine rings is 1. The second kappa shape index (κ2) is 8.25. The highest BCUT2D eigenvalue weighted by Crippen LogP contribution is 2.24. The van der Waals surface area contributed by atoms with Gasteiger partial charge >= 0.3 is 0 Å². The van der Waals surface area contributed by atoms with Crippen LogP contribution in [0.25, 0.3) is 0 Å². The second-order valence-electron chi connectivity index (χ2n) is 6.37. The van der Waals surface area contributed by atoms with E-state index in [9.17, 15) is 4.79 Å². The number of amides is 1. The van der Waals surface area contributed by atoms with Crippen LogP contribution < -0.4 is 10.2 Å². The van der Waals surface area contributed by atoms with E-state index in [0.29, 0.717) is 5.75 Å². The molecule has 1 aliphatic rings. The van der Waals surface area contributed by atoms with Crippen molar-refractivity contribution in [1.82, 2.24) is 0 Å². The van der Waals surface area contributed by atoms with Gasteiger partial charge in [-0.2, -0.15) is 0 Å². The second-order valence-corrected chi connectivity index (χ2v) is 7.42. The third-order valence-corrected chi connectivity index (χ3v) is 5.43. The van der Waals surface area contributed by atoms with E-state index in [1.165, 1.54) is 18.5 Å². The predicted octanol–water partition coefficient (Wildman–Crippen LogP) is 4.65. The smallest absolute Gasteiger partial charge is 0.234 e. The number of carbonyl (C=O) groups is 1. The molecule has 0 radical (unpaired) electrons. The van der Waals surface area contributed by atoms with Crippen LogP contribution in [0.1, 0.15) is 19.8 Å². The van der Waals surface area contributed by atoms with Crippen molar-refractivity contribution >= 4 is 29.0 Å². The Labute approximate surface area is 148 Å². The van der Waals surface area contributed by atoms with Crippen molar-refractivity contribution in [3.05, 3.63) is 54.6 Å². The highest BCUT2D eigenvalue weighted by molar-refractivity contribution is 8.00. The summed E-state index contributed by atoms with van der Waals surface area (Å²) in [4.78, 5) is 15.6. The molecule has 1 N–H and O–H groups in total. The van der Waals surface area contributed by atoms with Gasteiger partial charge in [-0.05, 0) is 55.2 Å². The van der Waals surface area contributed by atoms with Gasteiger partial charge in [-0.15, -0.1) is 11.8 Å². The average molecular weight is 340 g/mol. The van der Waals surface area contributed by atoms with Gasteiger partial charge in [0.1, 0.15) is 0 Å². The Morgan fingerprint density at radius 1 is 1.08 bits per heavy atom. The first-order valence-electron chi connectivity index (χ1n) is 8.53. The standard InChI is InChI=1S/C20H24N2OS/c1-16-11-13-22(14-12-16)18-9-7-17(8-10-18)21-20(23)15-24-19-5-3-2-4-6-19/h2-10,16H,11-15H2,1H3,(H,21,23). The summed E-state index contributed by atoms with van der Waals surface area (Å²) in [5.74, 6) is 1.29. The summed E-state index contributed by atoms with van der Waals surface area (Å²) >= 11 is 1.55. The summed E-state index contributed by atoms with van der Waals surface area (Å²) in [7, 11) is 0. The van der Waals surface area contributed by atoms with Crippen LogP contribution in [0.3, 0.4) is 0 Å². The van der Waals surface area contributed by atoms with Crippen LogP contribution in [0.4, 0.5) is 11.4 Å². The molecule has 0 aromatic heterocycles. The van der Waals surface area contributed by atoms with Crippen molar-refractivity contribution in [3.8, 4) is 0 Å². The topological polar surface area (TPSA) is 32.3 Å². The molecule has 0 saturated carbocycles. The van der Waals surface area contributed by atoms with Crippen LogP contribution in [-0.2, 0) is 4.79 Å². The molecule has 24 heavy (non-hydrogen) atoms. The minimum absolute atomic E-state index is 0.0309. The summed E-state index contributed by atoms with van der Waals surface area (Å²) < 4.78 is 0.